The number of methoxy groups -OCH3 is 4. The summed E-state index contributed by atoms with van der Waals surface area (Å²) >= 11 is 0. The highest BCUT2D eigenvalue weighted by molar-refractivity contribution is 6.08. The summed E-state index contributed by atoms with van der Waals surface area (Å²) in [5, 5.41) is 0. The first-order chi connectivity index (χ1) is 17.3. The molecule has 1 heterocycles. The van der Waals surface area contributed by atoms with Crippen LogP contribution < -0.4 is 18.9 Å². The second-order valence-corrected chi connectivity index (χ2v) is 9.45. The van der Waals surface area contributed by atoms with Crippen molar-refractivity contribution in [1.82, 2.24) is 9.80 Å². The van der Waals surface area contributed by atoms with Gasteiger partial charge in [0.2, 0.25) is 11.7 Å². The predicted molar refractivity (Wildman–Crippen MR) is 150 cm³/mol. The Labute approximate surface area is 226 Å². The molecule has 7 nitrogen and oxygen atoms in total. The minimum Gasteiger partial charge on any atom is -0.497 e. The average Bonchev–Trinajstić information content (AvgIpc) is 3.48. The van der Waals surface area contributed by atoms with E-state index in [-0.39, 0.29) is 18.3 Å². The molecule has 1 aliphatic heterocycles. The molecule has 2 aromatic carbocycles. The molecule has 200 valence electrons. The third-order valence-electron chi connectivity index (χ3n) is 7.27. The van der Waals surface area contributed by atoms with Crippen molar-refractivity contribution in [1.29, 1.82) is 0 Å². The Morgan fingerprint density at radius 1 is 1.00 bits per heavy atom. The van der Waals surface area contributed by atoms with Crippen molar-refractivity contribution in [2.75, 3.05) is 55.6 Å². The molecule has 0 saturated carbocycles. The van der Waals surface area contributed by atoms with Gasteiger partial charge in [-0.15, -0.1) is 12.4 Å². The Kier molecular flexibility index (Phi) is 9.16. The molecule has 1 aliphatic carbocycles. The number of allylic oxidation sites excluding steroid dienone is 2. The van der Waals surface area contributed by atoms with Crippen molar-refractivity contribution in [2.45, 2.75) is 25.8 Å². The molecular formula is C29H37ClN2O5. The van der Waals surface area contributed by atoms with Crippen molar-refractivity contribution in [3.05, 3.63) is 52.6 Å². The van der Waals surface area contributed by atoms with Crippen LogP contribution in [0.1, 0.15) is 36.5 Å². The number of likely N-dealkylation sites (tertiary alicyclic amines) is 1. The van der Waals surface area contributed by atoms with Crippen molar-refractivity contribution in [3.8, 4) is 23.0 Å². The SMILES string of the molecule is COc1ccc2c(c1)C(CC(=O)N1CCC(N(C)C)C1)=C(C)C2=Cc1cc(OC)c(OC)c(OC)c1.Cl. The maximum Gasteiger partial charge on any atom is 0.227 e. The van der Waals surface area contributed by atoms with E-state index in [4.69, 9.17) is 18.9 Å². The van der Waals surface area contributed by atoms with E-state index < -0.39 is 0 Å². The van der Waals surface area contributed by atoms with Crippen LogP contribution in [0, 0.1) is 0 Å². The van der Waals surface area contributed by atoms with Crippen molar-refractivity contribution >= 4 is 35.5 Å². The number of hydrogen-bond acceptors (Lipinski definition) is 6. The molecule has 0 radical (unpaired) electrons. The summed E-state index contributed by atoms with van der Waals surface area (Å²) in [4.78, 5) is 17.5. The van der Waals surface area contributed by atoms with Crippen LogP contribution in [0.5, 0.6) is 23.0 Å². The van der Waals surface area contributed by atoms with Crippen LogP contribution in [0.3, 0.4) is 0 Å². The topological polar surface area (TPSA) is 60.5 Å². The first-order valence-corrected chi connectivity index (χ1v) is 12.2. The van der Waals surface area contributed by atoms with Crippen molar-refractivity contribution in [2.24, 2.45) is 0 Å². The summed E-state index contributed by atoms with van der Waals surface area (Å²) in [6.07, 6.45) is 3.48. The van der Waals surface area contributed by atoms with Gasteiger partial charge in [0.15, 0.2) is 11.5 Å². The van der Waals surface area contributed by atoms with Crippen LogP contribution >= 0.6 is 12.4 Å². The largest absolute Gasteiger partial charge is 0.497 e. The number of halogens is 1. The van der Waals surface area contributed by atoms with Gasteiger partial charge in [-0.1, -0.05) is 6.07 Å². The quantitative estimate of drug-likeness (QED) is 0.479. The lowest BCUT2D eigenvalue weighted by molar-refractivity contribution is -0.129. The van der Waals surface area contributed by atoms with Gasteiger partial charge in [0.05, 0.1) is 34.9 Å². The summed E-state index contributed by atoms with van der Waals surface area (Å²) in [7, 11) is 10.6. The summed E-state index contributed by atoms with van der Waals surface area (Å²) in [5.41, 5.74) is 6.24. The number of nitrogens with zero attached hydrogens (tertiary/aromatic N) is 2. The number of benzene rings is 2. The highest BCUT2D eigenvalue weighted by Gasteiger charge is 2.31. The standard InChI is InChI=1S/C29H36N2O5.ClH/c1-18-23(12-19-13-26(34-5)29(36-7)27(14-19)35-6)22-9-8-21(33-4)15-25(22)24(18)16-28(32)31-11-10-20(17-31)30(2)3;/h8-9,12-15,20H,10-11,16-17H2,1-7H3;1H. The average molecular weight is 529 g/mol. The Morgan fingerprint density at radius 3 is 2.22 bits per heavy atom. The van der Waals surface area contributed by atoms with Crippen molar-refractivity contribution in [3.63, 3.8) is 0 Å². The Bertz CT molecular complexity index is 1200. The smallest absolute Gasteiger partial charge is 0.227 e. The molecular weight excluding hydrogens is 492 g/mol. The number of carbonyl (C=O) groups is 1. The highest BCUT2D eigenvalue weighted by Crippen LogP contribution is 2.46. The van der Waals surface area contributed by atoms with E-state index in [2.05, 4.69) is 38.1 Å². The Balaban J connectivity index is 0.00000380. The van der Waals surface area contributed by atoms with Gasteiger partial charge in [0.1, 0.15) is 5.75 Å². The molecule has 0 N–H and O–H groups in total. The summed E-state index contributed by atoms with van der Waals surface area (Å²) in [6, 6.07) is 10.3. The van der Waals surface area contributed by atoms with Gasteiger partial charge in [0.25, 0.3) is 0 Å². The molecule has 1 fully saturated rings. The summed E-state index contributed by atoms with van der Waals surface area (Å²) < 4.78 is 22.1. The van der Waals surface area contributed by atoms with Gasteiger partial charge < -0.3 is 28.7 Å². The van der Waals surface area contributed by atoms with Gasteiger partial charge >= 0.3 is 0 Å². The Morgan fingerprint density at radius 2 is 1.68 bits per heavy atom. The summed E-state index contributed by atoms with van der Waals surface area (Å²) in [6.45, 7) is 3.66. The number of fused-ring (bicyclic) bond motifs is 1. The number of hydrogen-bond donors (Lipinski definition) is 0. The molecule has 1 amide bonds. The summed E-state index contributed by atoms with van der Waals surface area (Å²) in [5.74, 6) is 2.68. The lowest BCUT2D eigenvalue weighted by Gasteiger charge is -2.21. The van der Waals surface area contributed by atoms with E-state index >= 15 is 0 Å². The fourth-order valence-corrected chi connectivity index (χ4v) is 5.12. The second kappa shape index (κ2) is 11.9. The van der Waals surface area contributed by atoms with E-state index in [1.807, 2.05) is 29.2 Å². The molecule has 0 aromatic heterocycles. The maximum atomic E-state index is 13.4. The van der Waals surface area contributed by atoms with E-state index in [9.17, 15) is 4.79 Å². The highest BCUT2D eigenvalue weighted by atomic mass is 35.5. The molecule has 37 heavy (non-hydrogen) atoms. The van der Waals surface area contributed by atoms with Crippen LogP contribution in [-0.4, -0.2) is 77.4 Å². The minimum atomic E-state index is 0. The molecule has 1 unspecified atom stereocenters. The third-order valence-corrected chi connectivity index (χ3v) is 7.27. The van der Waals surface area contributed by atoms with Gasteiger partial charge in [-0.25, -0.2) is 0 Å². The predicted octanol–water partition coefficient (Wildman–Crippen LogP) is 5.02. The fourth-order valence-electron chi connectivity index (χ4n) is 5.12. The van der Waals surface area contributed by atoms with Gasteiger partial charge in [-0.2, -0.15) is 0 Å². The molecule has 4 rings (SSSR count). The maximum absolute atomic E-state index is 13.4. The Hall–Kier alpha value is -3.16. The van der Waals surface area contributed by atoms with Gasteiger partial charge in [-0.3, -0.25) is 4.79 Å². The molecule has 1 atom stereocenters. The second-order valence-electron chi connectivity index (χ2n) is 9.45. The fraction of sp³-hybridized carbons (Fsp3) is 0.414. The number of ether oxygens (including phenoxy) is 4. The van der Waals surface area contributed by atoms with E-state index in [1.165, 1.54) is 0 Å². The van der Waals surface area contributed by atoms with Crippen LogP contribution in [-0.2, 0) is 4.79 Å². The van der Waals surface area contributed by atoms with E-state index in [0.717, 1.165) is 58.7 Å². The molecule has 0 spiro atoms. The normalized spacial score (nSPS) is 17.7. The zero-order valence-electron chi connectivity index (χ0n) is 22.7. The first kappa shape index (κ1) is 28.4. The zero-order valence-corrected chi connectivity index (χ0v) is 23.5. The molecule has 2 aromatic rings. The van der Waals surface area contributed by atoms with Crippen LogP contribution in [0.2, 0.25) is 0 Å². The number of amides is 1. The van der Waals surface area contributed by atoms with Crippen molar-refractivity contribution < 1.29 is 23.7 Å². The zero-order chi connectivity index (χ0) is 26.0. The van der Waals surface area contributed by atoms with Crippen LogP contribution in [0.4, 0.5) is 0 Å². The van der Waals surface area contributed by atoms with Crippen LogP contribution in [0.25, 0.3) is 17.2 Å². The molecule has 0 bridgehead atoms. The number of rotatable bonds is 8. The minimum absolute atomic E-state index is 0. The molecule has 8 heteroatoms. The first-order valence-electron chi connectivity index (χ1n) is 12.2. The lowest BCUT2D eigenvalue weighted by atomic mass is 10.00. The van der Waals surface area contributed by atoms with Crippen LogP contribution in [0.15, 0.2) is 35.9 Å². The van der Waals surface area contributed by atoms with E-state index in [1.54, 1.807) is 28.4 Å². The van der Waals surface area contributed by atoms with Gasteiger partial charge in [0, 0.05) is 19.1 Å². The number of likely N-dealkylation sites (N-methyl/N-ethyl adjacent to an activating group) is 1. The van der Waals surface area contributed by atoms with E-state index in [0.29, 0.717) is 29.7 Å². The molecule has 2 aliphatic rings. The monoisotopic (exact) mass is 528 g/mol. The van der Waals surface area contributed by atoms with Gasteiger partial charge in [-0.05, 0) is 91.2 Å². The third kappa shape index (κ3) is 5.58. The molecule has 1 saturated heterocycles. The lowest BCUT2D eigenvalue weighted by Crippen LogP contribution is -2.34. The number of carbonyl (C=O) groups excluding carboxylic acids is 1.